The van der Waals surface area contributed by atoms with Crippen molar-refractivity contribution < 1.29 is 9.53 Å². The number of amides is 1. The Bertz CT molecular complexity index is 341. The van der Waals surface area contributed by atoms with E-state index in [9.17, 15) is 4.79 Å². The number of hydrogen-bond donors (Lipinski definition) is 2. The molecule has 0 spiro atoms. The van der Waals surface area contributed by atoms with Crippen molar-refractivity contribution in [1.29, 1.82) is 0 Å². The van der Waals surface area contributed by atoms with Crippen LogP contribution in [0, 0.1) is 0 Å². The molecule has 0 aliphatic heterocycles. The van der Waals surface area contributed by atoms with E-state index in [0.717, 1.165) is 25.9 Å². The lowest BCUT2D eigenvalue weighted by atomic mass is 10.1. The second-order valence-corrected chi connectivity index (χ2v) is 4.43. The Morgan fingerprint density at radius 1 is 1.16 bits per heavy atom. The molecule has 0 bridgehead atoms. The van der Waals surface area contributed by atoms with E-state index in [4.69, 9.17) is 4.74 Å². The summed E-state index contributed by atoms with van der Waals surface area (Å²) in [5, 5.41) is 6.08. The van der Waals surface area contributed by atoms with Gasteiger partial charge in [0.05, 0.1) is 6.61 Å². The fourth-order valence-electron chi connectivity index (χ4n) is 1.75. The lowest BCUT2D eigenvalue weighted by molar-refractivity contribution is -0.121. The lowest BCUT2D eigenvalue weighted by Gasteiger charge is -2.06. The molecule has 0 fully saturated rings. The Morgan fingerprint density at radius 3 is 2.68 bits per heavy atom. The number of rotatable bonds is 10. The molecule has 106 valence electrons. The van der Waals surface area contributed by atoms with Gasteiger partial charge in [0, 0.05) is 33.2 Å². The number of methoxy groups -OCH3 is 1. The van der Waals surface area contributed by atoms with Crippen molar-refractivity contribution in [2.24, 2.45) is 0 Å². The Kier molecular flexibility index (Phi) is 8.68. The number of hydrogen-bond acceptors (Lipinski definition) is 3. The molecule has 19 heavy (non-hydrogen) atoms. The Morgan fingerprint density at radius 2 is 1.95 bits per heavy atom. The SMILES string of the molecule is COCCNCCC(=O)NCCCc1ccccc1. The minimum absolute atomic E-state index is 0.109. The van der Waals surface area contributed by atoms with Gasteiger partial charge < -0.3 is 15.4 Å². The predicted octanol–water partition coefficient (Wildman–Crippen LogP) is 1.36. The monoisotopic (exact) mass is 264 g/mol. The molecule has 0 saturated heterocycles. The molecule has 0 radical (unpaired) electrons. The van der Waals surface area contributed by atoms with Crippen LogP contribution in [-0.4, -0.2) is 39.3 Å². The zero-order valence-corrected chi connectivity index (χ0v) is 11.7. The number of carbonyl (C=O) groups excluding carboxylic acids is 1. The van der Waals surface area contributed by atoms with Crippen LogP contribution in [0.2, 0.25) is 0 Å². The molecule has 0 atom stereocenters. The van der Waals surface area contributed by atoms with Crippen LogP contribution in [0.4, 0.5) is 0 Å². The van der Waals surface area contributed by atoms with E-state index < -0.39 is 0 Å². The van der Waals surface area contributed by atoms with Gasteiger partial charge in [-0.1, -0.05) is 30.3 Å². The predicted molar refractivity (Wildman–Crippen MR) is 77.1 cm³/mol. The van der Waals surface area contributed by atoms with Crippen molar-refractivity contribution in [2.45, 2.75) is 19.3 Å². The van der Waals surface area contributed by atoms with Crippen molar-refractivity contribution >= 4 is 5.91 Å². The van der Waals surface area contributed by atoms with Gasteiger partial charge in [-0.25, -0.2) is 0 Å². The van der Waals surface area contributed by atoms with Crippen LogP contribution in [0.5, 0.6) is 0 Å². The van der Waals surface area contributed by atoms with E-state index in [1.54, 1.807) is 7.11 Å². The van der Waals surface area contributed by atoms with Crippen LogP contribution in [0.1, 0.15) is 18.4 Å². The molecule has 0 aliphatic carbocycles. The third-order valence-electron chi connectivity index (χ3n) is 2.82. The molecule has 4 nitrogen and oxygen atoms in total. The zero-order valence-electron chi connectivity index (χ0n) is 11.7. The van der Waals surface area contributed by atoms with Crippen molar-refractivity contribution in [3.63, 3.8) is 0 Å². The van der Waals surface area contributed by atoms with Crippen LogP contribution in [0.3, 0.4) is 0 Å². The first-order valence-electron chi connectivity index (χ1n) is 6.83. The van der Waals surface area contributed by atoms with Gasteiger partial charge in [0.2, 0.25) is 5.91 Å². The fraction of sp³-hybridized carbons (Fsp3) is 0.533. The maximum absolute atomic E-state index is 11.5. The van der Waals surface area contributed by atoms with Crippen LogP contribution in [0.15, 0.2) is 30.3 Å². The number of nitrogens with one attached hydrogen (secondary N) is 2. The van der Waals surface area contributed by atoms with Gasteiger partial charge in [-0.2, -0.15) is 0 Å². The average Bonchev–Trinajstić information content (AvgIpc) is 2.44. The third kappa shape index (κ3) is 8.35. The quantitative estimate of drug-likeness (QED) is 0.627. The average molecular weight is 264 g/mol. The number of aryl methyl sites for hydroxylation is 1. The van der Waals surface area contributed by atoms with E-state index in [2.05, 4.69) is 22.8 Å². The topological polar surface area (TPSA) is 50.4 Å². The third-order valence-corrected chi connectivity index (χ3v) is 2.82. The van der Waals surface area contributed by atoms with Crippen molar-refractivity contribution in [1.82, 2.24) is 10.6 Å². The molecule has 1 aromatic carbocycles. The minimum Gasteiger partial charge on any atom is -0.383 e. The van der Waals surface area contributed by atoms with Crippen molar-refractivity contribution in [2.75, 3.05) is 33.4 Å². The first-order valence-corrected chi connectivity index (χ1v) is 6.83. The summed E-state index contributed by atoms with van der Waals surface area (Å²) >= 11 is 0. The summed E-state index contributed by atoms with van der Waals surface area (Å²) in [5.74, 6) is 0.109. The summed E-state index contributed by atoms with van der Waals surface area (Å²) in [6.07, 6.45) is 2.51. The Labute approximate surface area is 115 Å². The largest absolute Gasteiger partial charge is 0.383 e. The van der Waals surface area contributed by atoms with E-state index >= 15 is 0 Å². The highest BCUT2D eigenvalue weighted by atomic mass is 16.5. The molecule has 2 N–H and O–H groups in total. The Balaban J connectivity index is 1.95. The van der Waals surface area contributed by atoms with E-state index in [1.807, 2.05) is 18.2 Å². The van der Waals surface area contributed by atoms with Gasteiger partial charge in [0.15, 0.2) is 0 Å². The first-order chi connectivity index (χ1) is 9.33. The summed E-state index contributed by atoms with van der Waals surface area (Å²) < 4.78 is 4.91. The second kappa shape index (κ2) is 10.5. The lowest BCUT2D eigenvalue weighted by Crippen LogP contribution is -2.29. The normalized spacial score (nSPS) is 10.4. The number of benzene rings is 1. The molecular weight excluding hydrogens is 240 g/mol. The van der Waals surface area contributed by atoms with Crippen LogP contribution >= 0.6 is 0 Å². The maximum atomic E-state index is 11.5. The molecule has 0 aliphatic rings. The molecule has 0 aromatic heterocycles. The summed E-state index contributed by atoms with van der Waals surface area (Å²) in [5.41, 5.74) is 1.32. The second-order valence-electron chi connectivity index (χ2n) is 4.43. The molecule has 1 rings (SSSR count). The van der Waals surface area contributed by atoms with Gasteiger partial charge in [-0.3, -0.25) is 4.79 Å². The smallest absolute Gasteiger partial charge is 0.221 e. The van der Waals surface area contributed by atoms with Gasteiger partial charge in [0.1, 0.15) is 0 Å². The molecule has 0 heterocycles. The van der Waals surface area contributed by atoms with Gasteiger partial charge >= 0.3 is 0 Å². The molecule has 4 heteroatoms. The molecule has 0 saturated carbocycles. The minimum atomic E-state index is 0.109. The Hall–Kier alpha value is -1.39. The summed E-state index contributed by atoms with van der Waals surface area (Å²) in [4.78, 5) is 11.5. The number of ether oxygens (including phenoxy) is 1. The van der Waals surface area contributed by atoms with E-state index in [1.165, 1.54) is 5.56 Å². The van der Waals surface area contributed by atoms with E-state index in [0.29, 0.717) is 19.6 Å². The highest BCUT2D eigenvalue weighted by molar-refractivity contribution is 5.75. The highest BCUT2D eigenvalue weighted by Gasteiger charge is 1.99. The van der Waals surface area contributed by atoms with Gasteiger partial charge in [-0.05, 0) is 18.4 Å². The highest BCUT2D eigenvalue weighted by Crippen LogP contribution is 2.01. The molecule has 1 aromatic rings. The summed E-state index contributed by atoms with van der Waals surface area (Å²) in [6.45, 7) is 2.91. The zero-order chi connectivity index (χ0) is 13.8. The molecular formula is C15H24N2O2. The molecule has 1 amide bonds. The number of carbonyl (C=O) groups is 1. The molecule has 0 unspecified atom stereocenters. The van der Waals surface area contributed by atoms with Crippen molar-refractivity contribution in [3.05, 3.63) is 35.9 Å². The first kappa shape index (κ1) is 15.7. The summed E-state index contributed by atoms with van der Waals surface area (Å²) in [7, 11) is 1.67. The fourth-order valence-corrected chi connectivity index (χ4v) is 1.75. The maximum Gasteiger partial charge on any atom is 0.221 e. The van der Waals surface area contributed by atoms with Gasteiger partial charge in [-0.15, -0.1) is 0 Å². The van der Waals surface area contributed by atoms with Crippen molar-refractivity contribution in [3.8, 4) is 0 Å². The van der Waals surface area contributed by atoms with Crippen LogP contribution in [-0.2, 0) is 16.0 Å². The van der Waals surface area contributed by atoms with Gasteiger partial charge in [0.25, 0.3) is 0 Å². The standard InChI is InChI=1S/C15H24N2O2/c1-19-13-12-16-11-9-15(18)17-10-5-8-14-6-3-2-4-7-14/h2-4,6-7,16H,5,8-13H2,1H3,(H,17,18). The van der Waals surface area contributed by atoms with Crippen LogP contribution in [0.25, 0.3) is 0 Å². The summed E-state index contributed by atoms with van der Waals surface area (Å²) in [6, 6.07) is 10.3. The van der Waals surface area contributed by atoms with E-state index in [-0.39, 0.29) is 5.91 Å². The van der Waals surface area contributed by atoms with Crippen LogP contribution < -0.4 is 10.6 Å².